The molecule has 0 atom stereocenters. The number of hydrogen-bond donors (Lipinski definition) is 3. The van der Waals surface area contributed by atoms with Crippen LogP contribution in [0, 0.1) is 0 Å². The molecule has 0 radical (unpaired) electrons. The Balaban J connectivity index is 1.27. The Labute approximate surface area is 190 Å². The first kappa shape index (κ1) is 22.1. The van der Waals surface area contributed by atoms with Gasteiger partial charge in [-0.3, -0.25) is 14.4 Å². The number of aromatic nitrogens is 1. The Bertz CT molecular complexity index is 1150. The van der Waals surface area contributed by atoms with Crippen molar-refractivity contribution in [3.8, 4) is 0 Å². The van der Waals surface area contributed by atoms with E-state index in [0.717, 1.165) is 26.1 Å². The monoisotopic (exact) mass is 450 g/mol. The number of fused-ring (bicyclic) bond motifs is 1. The fourth-order valence-corrected chi connectivity index (χ4v) is 4.64. The van der Waals surface area contributed by atoms with Crippen LogP contribution in [0.3, 0.4) is 0 Å². The average Bonchev–Trinajstić information content (AvgIpc) is 2.83. The SMILES string of the molecule is O=C(CNC(=O)c1c[nH]c2ccccc2c1=O)Nc1ccc(CCN2CCSCC2)cc1. The zero-order valence-electron chi connectivity index (χ0n) is 17.7. The van der Waals surface area contributed by atoms with Gasteiger partial charge >= 0.3 is 0 Å². The smallest absolute Gasteiger partial charge is 0.257 e. The number of amides is 2. The molecule has 3 N–H and O–H groups in total. The van der Waals surface area contributed by atoms with Crippen molar-refractivity contribution in [3.63, 3.8) is 0 Å². The molecule has 32 heavy (non-hydrogen) atoms. The van der Waals surface area contributed by atoms with Gasteiger partial charge in [-0.2, -0.15) is 11.8 Å². The van der Waals surface area contributed by atoms with Gasteiger partial charge in [0.25, 0.3) is 5.91 Å². The van der Waals surface area contributed by atoms with E-state index in [2.05, 4.69) is 20.5 Å². The number of pyridine rings is 1. The molecular formula is C24H26N4O3S. The molecule has 2 aromatic carbocycles. The molecule has 1 aliphatic heterocycles. The maximum absolute atomic E-state index is 12.5. The van der Waals surface area contributed by atoms with Crippen LogP contribution >= 0.6 is 11.8 Å². The number of rotatable bonds is 7. The van der Waals surface area contributed by atoms with Gasteiger partial charge in [0.2, 0.25) is 11.3 Å². The molecule has 1 aliphatic rings. The van der Waals surface area contributed by atoms with Gasteiger partial charge in [-0.15, -0.1) is 0 Å². The lowest BCUT2D eigenvalue weighted by Crippen LogP contribution is -2.35. The van der Waals surface area contributed by atoms with E-state index in [1.54, 1.807) is 18.2 Å². The molecule has 0 bridgehead atoms. The van der Waals surface area contributed by atoms with Gasteiger partial charge in [-0.05, 0) is 36.2 Å². The summed E-state index contributed by atoms with van der Waals surface area (Å²) in [5, 5.41) is 5.72. The van der Waals surface area contributed by atoms with Crippen LogP contribution in [0.15, 0.2) is 59.5 Å². The predicted octanol–water partition coefficient (Wildman–Crippen LogP) is 2.49. The van der Waals surface area contributed by atoms with Crippen LogP contribution in [0.5, 0.6) is 0 Å². The van der Waals surface area contributed by atoms with E-state index in [9.17, 15) is 14.4 Å². The highest BCUT2D eigenvalue weighted by molar-refractivity contribution is 7.99. The van der Waals surface area contributed by atoms with Crippen molar-refractivity contribution in [2.45, 2.75) is 6.42 Å². The minimum Gasteiger partial charge on any atom is -0.360 e. The normalized spacial score (nSPS) is 14.2. The van der Waals surface area contributed by atoms with Gasteiger partial charge in [0.1, 0.15) is 5.56 Å². The number of hydrogen-bond acceptors (Lipinski definition) is 5. The maximum atomic E-state index is 12.5. The van der Waals surface area contributed by atoms with Crippen molar-refractivity contribution in [2.75, 3.05) is 43.0 Å². The molecule has 0 unspecified atom stereocenters. The second kappa shape index (κ2) is 10.5. The predicted molar refractivity (Wildman–Crippen MR) is 129 cm³/mol. The first-order chi connectivity index (χ1) is 15.6. The third-order valence-corrected chi connectivity index (χ3v) is 6.44. The number of anilines is 1. The second-order valence-corrected chi connectivity index (χ2v) is 8.93. The zero-order chi connectivity index (χ0) is 22.3. The van der Waals surface area contributed by atoms with E-state index in [4.69, 9.17) is 0 Å². The Kier molecular flexibility index (Phi) is 7.24. The molecule has 1 aromatic heterocycles. The molecule has 2 amide bonds. The van der Waals surface area contributed by atoms with Gasteiger partial charge < -0.3 is 20.5 Å². The third-order valence-electron chi connectivity index (χ3n) is 5.50. The van der Waals surface area contributed by atoms with E-state index in [1.165, 1.54) is 23.3 Å². The lowest BCUT2D eigenvalue weighted by molar-refractivity contribution is -0.115. The minimum absolute atomic E-state index is 0.0202. The number of para-hydroxylation sites is 1. The summed E-state index contributed by atoms with van der Waals surface area (Å²) in [5.74, 6) is 1.47. The summed E-state index contributed by atoms with van der Waals surface area (Å²) < 4.78 is 0. The fourth-order valence-electron chi connectivity index (χ4n) is 3.66. The van der Waals surface area contributed by atoms with Gasteiger partial charge in [0.05, 0.1) is 6.54 Å². The lowest BCUT2D eigenvalue weighted by atomic mass is 10.1. The molecule has 8 heteroatoms. The quantitative estimate of drug-likeness (QED) is 0.514. The third kappa shape index (κ3) is 5.57. The van der Waals surface area contributed by atoms with Crippen molar-refractivity contribution in [1.29, 1.82) is 0 Å². The van der Waals surface area contributed by atoms with Crippen LogP contribution in [0.2, 0.25) is 0 Å². The van der Waals surface area contributed by atoms with E-state index in [0.29, 0.717) is 16.6 Å². The highest BCUT2D eigenvalue weighted by atomic mass is 32.2. The number of nitrogens with one attached hydrogen (secondary N) is 3. The summed E-state index contributed by atoms with van der Waals surface area (Å²) in [6.07, 6.45) is 2.36. The van der Waals surface area contributed by atoms with Gasteiger partial charge in [-0.1, -0.05) is 24.3 Å². The Morgan fingerprint density at radius 1 is 1.03 bits per heavy atom. The summed E-state index contributed by atoms with van der Waals surface area (Å²) in [7, 11) is 0. The average molecular weight is 451 g/mol. The number of carbonyl (C=O) groups excluding carboxylic acids is 2. The van der Waals surface area contributed by atoms with Crippen LogP contribution in [-0.4, -0.2) is 59.4 Å². The second-order valence-electron chi connectivity index (χ2n) is 7.71. The first-order valence-electron chi connectivity index (χ1n) is 10.7. The van der Waals surface area contributed by atoms with Crippen LogP contribution in [0.4, 0.5) is 5.69 Å². The number of carbonyl (C=O) groups is 2. The molecule has 0 aliphatic carbocycles. The Morgan fingerprint density at radius 3 is 2.56 bits per heavy atom. The van der Waals surface area contributed by atoms with E-state index in [1.807, 2.05) is 42.1 Å². The molecule has 7 nitrogen and oxygen atoms in total. The first-order valence-corrected chi connectivity index (χ1v) is 11.8. The van der Waals surface area contributed by atoms with Crippen LogP contribution in [0.25, 0.3) is 10.9 Å². The Hall–Kier alpha value is -3.10. The summed E-state index contributed by atoms with van der Waals surface area (Å²) in [6.45, 7) is 3.12. The molecular weight excluding hydrogens is 424 g/mol. The molecule has 3 aromatic rings. The molecule has 2 heterocycles. The number of nitrogens with zero attached hydrogens (tertiary/aromatic N) is 1. The van der Waals surface area contributed by atoms with Crippen molar-refractivity contribution >= 4 is 40.2 Å². The van der Waals surface area contributed by atoms with Gasteiger partial charge in [0.15, 0.2) is 0 Å². The van der Waals surface area contributed by atoms with Gasteiger partial charge in [-0.25, -0.2) is 0 Å². The molecule has 0 saturated carbocycles. The minimum atomic E-state index is -0.585. The highest BCUT2D eigenvalue weighted by Gasteiger charge is 2.14. The highest BCUT2D eigenvalue weighted by Crippen LogP contribution is 2.13. The summed E-state index contributed by atoms with van der Waals surface area (Å²) in [6, 6.07) is 14.7. The summed E-state index contributed by atoms with van der Waals surface area (Å²) in [4.78, 5) is 42.6. The van der Waals surface area contributed by atoms with Crippen molar-refractivity contribution < 1.29 is 9.59 Å². The molecule has 166 valence electrons. The summed E-state index contributed by atoms with van der Waals surface area (Å²) >= 11 is 2.01. The van der Waals surface area contributed by atoms with E-state index >= 15 is 0 Å². The van der Waals surface area contributed by atoms with Crippen molar-refractivity contribution in [3.05, 3.63) is 76.1 Å². The number of aromatic amines is 1. The van der Waals surface area contributed by atoms with Crippen molar-refractivity contribution in [1.82, 2.24) is 15.2 Å². The maximum Gasteiger partial charge on any atom is 0.257 e. The van der Waals surface area contributed by atoms with Crippen LogP contribution in [0.1, 0.15) is 15.9 Å². The molecule has 4 rings (SSSR count). The lowest BCUT2D eigenvalue weighted by Gasteiger charge is -2.26. The summed E-state index contributed by atoms with van der Waals surface area (Å²) in [5.41, 5.74) is 2.17. The van der Waals surface area contributed by atoms with Gasteiger partial charge in [0, 0.05) is 53.9 Å². The van der Waals surface area contributed by atoms with Crippen molar-refractivity contribution in [2.24, 2.45) is 0 Å². The standard InChI is InChI=1S/C24H26N4O3S/c29-22(16-26-24(31)20-15-25-21-4-2-1-3-19(21)23(20)30)27-18-7-5-17(6-8-18)9-10-28-11-13-32-14-12-28/h1-8,15H,9-14,16H2,(H,25,30)(H,26,31)(H,27,29). The number of thioether (sulfide) groups is 1. The zero-order valence-corrected chi connectivity index (χ0v) is 18.5. The molecule has 0 spiro atoms. The number of H-pyrrole nitrogens is 1. The largest absolute Gasteiger partial charge is 0.360 e. The molecule has 1 saturated heterocycles. The topological polar surface area (TPSA) is 94.3 Å². The number of benzene rings is 2. The Morgan fingerprint density at radius 2 is 1.78 bits per heavy atom. The molecule has 1 fully saturated rings. The fraction of sp³-hybridized carbons (Fsp3) is 0.292. The van der Waals surface area contributed by atoms with E-state index < -0.39 is 5.91 Å². The van der Waals surface area contributed by atoms with Crippen LogP contribution < -0.4 is 16.1 Å². The van der Waals surface area contributed by atoms with Crippen LogP contribution in [-0.2, 0) is 11.2 Å². The van der Waals surface area contributed by atoms with E-state index in [-0.39, 0.29) is 23.4 Å².